The maximum atomic E-state index is 10.2. The van der Waals surface area contributed by atoms with Crippen molar-refractivity contribution in [3.05, 3.63) is 155 Å². The van der Waals surface area contributed by atoms with Crippen molar-refractivity contribution in [3.63, 3.8) is 0 Å². The van der Waals surface area contributed by atoms with Crippen molar-refractivity contribution in [1.29, 1.82) is 5.26 Å². The minimum atomic E-state index is 0.634. The first-order valence-corrected chi connectivity index (χ1v) is 9.94. The Hall–Kier alpha value is -4.15. The van der Waals surface area contributed by atoms with Crippen LogP contribution in [-0.2, 0) is 0 Å². The van der Waals surface area contributed by atoms with Gasteiger partial charge in [-0.2, -0.15) is 5.26 Å². The van der Waals surface area contributed by atoms with E-state index in [-0.39, 0.29) is 0 Å². The molecule has 4 rings (SSSR count). The van der Waals surface area contributed by atoms with Crippen LogP contribution in [-0.4, -0.2) is 0 Å². The Bertz CT molecular complexity index is 1110. The Morgan fingerprint density at radius 3 is 1.17 bits per heavy atom. The predicted octanol–water partition coefficient (Wildman–Crippen LogP) is 7.14. The molecule has 0 aliphatic carbocycles. The van der Waals surface area contributed by atoms with Crippen LogP contribution in [0.5, 0.6) is 0 Å². The minimum absolute atomic E-state index is 0.634. The zero-order valence-electron chi connectivity index (χ0n) is 16.6. The lowest BCUT2D eigenvalue weighted by atomic mass is 9.90. The maximum absolute atomic E-state index is 10.2. The Morgan fingerprint density at radius 2 is 0.833 bits per heavy atom. The third-order valence-electron chi connectivity index (χ3n) is 4.97. The highest BCUT2D eigenvalue weighted by molar-refractivity contribution is 5.90. The van der Waals surface area contributed by atoms with Crippen molar-refractivity contribution in [2.24, 2.45) is 0 Å². The van der Waals surface area contributed by atoms with Crippen LogP contribution < -0.4 is 0 Å². The van der Waals surface area contributed by atoms with Crippen LogP contribution in [0.2, 0.25) is 0 Å². The molecule has 0 aliphatic heterocycles. The number of hydrogen-bond acceptors (Lipinski definition) is 1. The zero-order valence-corrected chi connectivity index (χ0v) is 16.6. The summed E-state index contributed by atoms with van der Waals surface area (Å²) in [5, 5.41) is 10.2. The molecule has 0 N–H and O–H groups in total. The van der Waals surface area contributed by atoms with Crippen molar-refractivity contribution >= 4 is 11.1 Å². The van der Waals surface area contributed by atoms with Gasteiger partial charge in [0.25, 0.3) is 0 Å². The van der Waals surface area contributed by atoms with E-state index in [2.05, 4.69) is 54.6 Å². The van der Waals surface area contributed by atoms with Gasteiger partial charge in [0.15, 0.2) is 0 Å². The fourth-order valence-corrected chi connectivity index (χ4v) is 3.56. The van der Waals surface area contributed by atoms with Crippen LogP contribution in [0, 0.1) is 11.3 Å². The molecular weight excluding hydrogens is 362 g/mol. The monoisotopic (exact) mass is 383 g/mol. The smallest absolute Gasteiger partial charge is 0.0998 e. The van der Waals surface area contributed by atoms with Gasteiger partial charge in [0.05, 0.1) is 11.6 Å². The molecule has 0 spiro atoms. The van der Waals surface area contributed by atoms with Crippen molar-refractivity contribution in [1.82, 2.24) is 0 Å². The quantitative estimate of drug-likeness (QED) is 0.265. The first-order chi connectivity index (χ1) is 14.9. The summed E-state index contributed by atoms with van der Waals surface area (Å²) in [7, 11) is 0. The Kier molecular flexibility index (Phi) is 5.99. The van der Waals surface area contributed by atoms with E-state index in [4.69, 9.17) is 0 Å². The zero-order chi connectivity index (χ0) is 20.6. The van der Waals surface area contributed by atoms with Crippen LogP contribution in [0.15, 0.2) is 133 Å². The Balaban J connectivity index is 2.00. The van der Waals surface area contributed by atoms with E-state index in [0.717, 1.165) is 33.4 Å². The molecule has 0 amide bonds. The van der Waals surface area contributed by atoms with Gasteiger partial charge in [-0.3, -0.25) is 0 Å². The molecule has 30 heavy (non-hydrogen) atoms. The molecule has 0 aromatic heterocycles. The van der Waals surface area contributed by atoms with Crippen molar-refractivity contribution < 1.29 is 0 Å². The summed E-state index contributed by atoms with van der Waals surface area (Å²) in [5.41, 5.74) is 6.80. The van der Waals surface area contributed by atoms with Gasteiger partial charge in [0, 0.05) is 5.57 Å². The average molecular weight is 383 g/mol. The summed E-state index contributed by atoms with van der Waals surface area (Å²) in [6.45, 7) is 0. The predicted molar refractivity (Wildman–Crippen MR) is 124 cm³/mol. The molecule has 1 nitrogen and oxygen atoms in total. The molecule has 0 atom stereocenters. The molecule has 1 heteroatoms. The molecule has 0 heterocycles. The molecular formula is C29H21N. The van der Waals surface area contributed by atoms with Crippen LogP contribution in [0.1, 0.15) is 22.3 Å². The fourth-order valence-electron chi connectivity index (χ4n) is 3.56. The lowest BCUT2D eigenvalue weighted by Gasteiger charge is -2.13. The van der Waals surface area contributed by atoms with Crippen LogP contribution in [0.4, 0.5) is 0 Å². The molecule has 142 valence electrons. The van der Waals surface area contributed by atoms with Gasteiger partial charge in [-0.05, 0) is 33.9 Å². The van der Waals surface area contributed by atoms with Gasteiger partial charge in [-0.25, -0.2) is 0 Å². The second-order valence-electron chi connectivity index (χ2n) is 6.92. The summed E-state index contributed by atoms with van der Waals surface area (Å²) in [6, 6.07) is 43.1. The van der Waals surface area contributed by atoms with Crippen LogP contribution in [0.3, 0.4) is 0 Å². The van der Waals surface area contributed by atoms with Crippen LogP contribution in [0.25, 0.3) is 11.1 Å². The summed E-state index contributed by atoms with van der Waals surface area (Å²) < 4.78 is 0. The lowest BCUT2D eigenvalue weighted by Crippen LogP contribution is -1.94. The molecule has 0 bridgehead atoms. The normalized spacial score (nSPS) is 9.97. The van der Waals surface area contributed by atoms with Crippen LogP contribution >= 0.6 is 0 Å². The molecule has 4 aromatic carbocycles. The maximum Gasteiger partial charge on any atom is 0.0998 e. The van der Waals surface area contributed by atoms with Gasteiger partial charge >= 0.3 is 0 Å². The number of hydrogen-bond donors (Lipinski definition) is 0. The lowest BCUT2D eigenvalue weighted by molar-refractivity contribution is 1.46. The first kappa shape index (κ1) is 19.2. The molecule has 0 saturated heterocycles. The number of benzene rings is 4. The van der Waals surface area contributed by atoms with E-state index >= 15 is 0 Å². The number of nitriles is 1. The minimum Gasteiger partial charge on any atom is -0.192 e. The van der Waals surface area contributed by atoms with Gasteiger partial charge in [0.2, 0.25) is 0 Å². The topological polar surface area (TPSA) is 23.8 Å². The molecule has 0 radical (unpaired) electrons. The largest absolute Gasteiger partial charge is 0.192 e. The summed E-state index contributed by atoms with van der Waals surface area (Å²) >= 11 is 0. The summed E-state index contributed by atoms with van der Waals surface area (Å²) in [6.07, 6.45) is 2.01. The second-order valence-corrected chi connectivity index (χ2v) is 6.92. The standard InChI is InChI=1S/C29H21N/c30-22-27(29(25-17-9-3-10-18-25)26-19-11-4-12-20-26)21-28(23-13-5-1-6-14-23)24-15-7-2-8-16-24/h1-21H. The highest BCUT2D eigenvalue weighted by atomic mass is 14.3. The highest BCUT2D eigenvalue weighted by Gasteiger charge is 2.13. The van der Waals surface area contributed by atoms with Gasteiger partial charge in [-0.15, -0.1) is 0 Å². The van der Waals surface area contributed by atoms with Crippen molar-refractivity contribution in [2.45, 2.75) is 0 Å². The van der Waals surface area contributed by atoms with E-state index in [1.807, 2.05) is 78.9 Å². The van der Waals surface area contributed by atoms with Gasteiger partial charge < -0.3 is 0 Å². The number of nitrogens with zero attached hydrogens (tertiary/aromatic N) is 1. The van der Waals surface area contributed by atoms with E-state index in [9.17, 15) is 5.26 Å². The van der Waals surface area contributed by atoms with E-state index < -0.39 is 0 Å². The van der Waals surface area contributed by atoms with E-state index in [1.54, 1.807) is 0 Å². The summed E-state index contributed by atoms with van der Waals surface area (Å²) in [4.78, 5) is 0. The molecule has 0 saturated carbocycles. The molecule has 4 aromatic rings. The second kappa shape index (κ2) is 9.37. The van der Waals surface area contributed by atoms with Gasteiger partial charge in [-0.1, -0.05) is 121 Å². The Morgan fingerprint density at radius 1 is 0.500 bits per heavy atom. The highest BCUT2D eigenvalue weighted by Crippen LogP contribution is 2.31. The van der Waals surface area contributed by atoms with E-state index in [1.165, 1.54) is 0 Å². The number of allylic oxidation sites excluding steroid dienone is 2. The number of rotatable bonds is 5. The molecule has 0 unspecified atom stereocenters. The van der Waals surface area contributed by atoms with Crippen molar-refractivity contribution in [2.75, 3.05) is 0 Å². The van der Waals surface area contributed by atoms with E-state index in [0.29, 0.717) is 5.57 Å². The molecule has 0 fully saturated rings. The SMILES string of the molecule is N#CC(C=C(c1ccccc1)c1ccccc1)=C(c1ccccc1)c1ccccc1. The third kappa shape index (κ3) is 4.29. The fraction of sp³-hybridized carbons (Fsp3) is 0. The summed E-state index contributed by atoms with van der Waals surface area (Å²) in [5.74, 6) is 0. The average Bonchev–Trinajstić information content (AvgIpc) is 2.84. The third-order valence-corrected chi connectivity index (χ3v) is 4.97. The Labute approximate surface area is 177 Å². The first-order valence-electron chi connectivity index (χ1n) is 9.94. The van der Waals surface area contributed by atoms with Crippen molar-refractivity contribution in [3.8, 4) is 6.07 Å². The molecule has 0 aliphatic rings. The van der Waals surface area contributed by atoms with Gasteiger partial charge in [0.1, 0.15) is 0 Å².